The summed E-state index contributed by atoms with van der Waals surface area (Å²) < 4.78 is 43.3. The van der Waals surface area contributed by atoms with Crippen LogP contribution in [0.2, 0.25) is 0 Å². The van der Waals surface area contributed by atoms with Crippen LogP contribution >= 0.6 is 12.2 Å². The van der Waals surface area contributed by atoms with E-state index in [4.69, 9.17) is 17.0 Å². The molecule has 0 aliphatic heterocycles. The number of hydrogen-bond donors (Lipinski definition) is 1. The van der Waals surface area contributed by atoms with Gasteiger partial charge < -0.3 is 9.72 Å². The summed E-state index contributed by atoms with van der Waals surface area (Å²) in [6.07, 6.45) is -4.38. The quantitative estimate of drug-likeness (QED) is 0.872. The van der Waals surface area contributed by atoms with E-state index in [0.29, 0.717) is 21.7 Å². The number of benzene rings is 1. The average molecular weight is 300 g/mol. The smallest absolute Gasteiger partial charge is 0.377 e. The molecule has 20 heavy (non-hydrogen) atoms. The Morgan fingerprint density at radius 2 is 2.05 bits per heavy atom. The van der Waals surface area contributed by atoms with Crippen molar-refractivity contribution < 1.29 is 17.9 Å². The van der Waals surface area contributed by atoms with Crippen LogP contribution in [0.1, 0.15) is 11.4 Å². The van der Waals surface area contributed by atoms with E-state index >= 15 is 0 Å². The summed E-state index contributed by atoms with van der Waals surface area (Å²) in [6.45, 7) is 0.205. The SMILES string of the molecule is COCc1nc(=S)cc(-c2cccc(C(F)(F)F)c2)[nH]1. The number of nitrogens with one attached hydrogen (secondary N) is 1. The molecule has 0 fully saturated rings. The molecule has 0 aliphatic rings. The van der Waals surface area contributed by atoms with Gasteiger partial charge in [-0.2, -0.15) is 13.2 Å². The van der Waals surface area contributed by atoms with Gasteiger partial charge in [-0.15, -0.1) is 0 Å². The normalized spacial score (nSPS) is 11.6. The van der Waals surface area contributed by atoms with Crippen LogP contribution in [0.5, 0.6) is 0 Å². The third-order valence-corrected chi connectivity index (χ3v) is 2.78. The summed E-state index contributed by atoms with van der Waals surface area (Å²) in [5.41, 5.74) is 0.160. The lowest BCUT2D eigenvalue weighted by Gasteiger charge is -2.10. The largest absolute Gasteiger partial charge is 0.416 e. The molecule has 0 amide bonds. The maximum atomic E-state index is 12.7. The van der Waals surface area contributed by atoms with Crippen LogP contribution in [-0.4, -0.2) is 17.1 Å². The first-order valence-electron chi connectivity index (χ1n) is 5.67. The fourth-order valence-corrected chi connectivity index (χ4v) is 1.96. The molecule has 0 radical (unpaired) electrons. The van der Waals surface area contributed by atoms with Crippen molar-refractivity contribution in [3.05, 3.63) is 46.4 Å². The number of aromatic amines is 1. The first-order valence-corrected chi connectivity index (χ1v) is 6.08. The van der Waals surface area contributed by atoms with Crippen LogP contribution in [0.25, 0.3) is 11.3 Å². The van der Waals surface area contributed by atoms with Crippen molar-refractivity contribution in [3.63, 3.8) is 0 Å². The number of H-pyrrole nitrogens is 1. The van der Waals surface area contributed by atoms with E-state index < -0.39 is 11.7 Å². The zero-order chi connectivity index (χ0) is 14.8. The monoisotopic (exact) mass is 300 g/mol. The molecule has 1 heterocycles. The van der Waals surface area contributed by atoms with Gasteiger partial charge in [-0.1, -0.05) is 24.4 Å². The van der Waals surface area contributed by atoms with Gasteiger partial charge >= 0.3 is 6.18 Å². The van der Waals surface area contributed by atoms with Crippen LogP contribution in [0, 0.1) is 4.64 Å². The van der Waals surface area contributed by atoms with Gasteiger partial charge in [0.2, 0.25) is 0 Å². The van der Waals surface area contributed by atoms with Gasteiger partial charge in [0.25, 0.3) is 0 Å². The predicted octanol–water partition coefficient (Wildman–Crippen LogP) is 3.97. The minimum Gasteiger partial charge on any atom is -0.377 e. The van der Waals surface area contributed by atoms with E-state index in [0.717, 1.165) is 12.1 Å². The Kier molecular flexibility index (Phi) is 4.20. The second kappa shape index (κ2) is 5.72. The highest BCUT2D eigenvalue weighted by atomic mass is 32.1. The molecule has 3 nitrogen and oxygen atoms in total. The van der Waals surface area contributed by atoms with E-state index in [1.807, 2.05) is 0 Å². The summed E-state index contributed by atoms with van der Waals surface area (Å²) in [6, 6.07) is 6.54. The maximum Gasteiger partial charge on any atom is 0.416 e. The maximum absolute atomic E-state index is 12.7. The van der Waals surface area contributed by atoms with Crippen molar-refractivity contribution in [2.24, 2.45) is 0 Å². The van der Waals surface area contributed by atoms with Crippen LogP contribution in [0.3, 0.4) is 0 Å². The van der Waals surface area contributed by atoms with Gasteiger partial charge in [-0.25, -0.2) is 4.98 Å². The third kappa shape index (κ3) is 3.43. The van der Waals surface area contributed by atoms with Crippen LogP contribution in [0.4, 0.5) is 13.2 Å². The van der Waals surface area contributed by atoms with Crippen molar-refractivity contribution in [2.45, 2.75) is 12.8 Å². The Bertz CT molecular complexity index is 667. The molecule has 2 aromatic rings. The van der Waals surface area contributed by atoms with Crippen LogP contribution in [-0.2, 0) is 17.5 Å². The van der Waals surface area contributed by atoms with Gasteiger partial charge in [-0.3, -0.25) is 0 Å². The lowest BCUT2D eigenvalue weighted by molar-refractivity contribution is -0.137. The lowest BCUT2D eigenvalue weighted by atomic mass is 10.1. The fraction of sp³-hybridized carbons (Fsp3) is 0.231. The molecule has 0 spiro atoms. The fourth-order valence-electron chi connectivity index (χ4n) is 1.73. The summed E-state index contributed by atoms with van der Waals surface area (Å²) in [5.74, 6) is 0.465. The molecule has 1 N–H and O–H groups in total. The standard InChI is InChI=1S/C13H11F3N2OS/c1-19-7-11-17-10(6-12(20)18-11)8-3-2-4-9(5-8)13(14,15)16/h2-6H,7H2,1H3,(H,17,18,20). The Hall–Kier alpha value is -1.73. The number of hydrogen-bond acceptors (Lipinski definition) is 3. The molecule has 1 aromatic carbocycles. The zero-order valence-corrected chi connectivity index (χ0v) is 11.3. The highest BCUT2D eigenvalue weighted by Crippen LogP contribution is 2.31. The van der Waals surface area contributed by atoms with E-state index in [1.54, 1.807) is 6.07 Å². The van der Waals surface area contributed by atoms with Gasteiger partial charge in [0.05, 0.1) is 5.56 Å². The number of rotatable bonds is 3. The number of nitrogens with zero attached hydrogens (tertiary/aromatic N) is 1. The Balaban J connectivity index is 2.49. The van der Waals surface area contributed by atoms with E-state index in [9.17, 15) is 13.2 Å². The van der Waals surface area contributed by atoms with Crippen molar-refractivity contribution in [2.75, 3.05) is 7.11 Å². The minimum absolute atomic E-state index is 0.205. The van der Waals surface area contributed by atoms with Crippen molar-refractivity contribution in [1.82, 2.24) is 9.97 Å². The highest BCUT2D eigenvalue weighted by Gasteiger charge is 2.30. The number of methoxy groups -OCH3 is 1. The van der Waals surface area contributed by atoms with E-state index in [2.05, 4.69) is 9.97 Å². The topological polar surface area (TPSA) is 37.9 Å². The predicted molar refractivity (Wildman–Crippen MR) is 70.6 cm³/mol. The number of halogens is 3. The second-order valence-corrected chi connectivity index (χ2v) is 4.51. The van der Waals surface area contributed by atoms with Crippen molar-refractivity contribution >= 4 is 12.2 Å². The van der Waals surface area contributed by atoms with Crippen LogP contribution < -0.4 is 0 Å². The average Bonchev–Trinajstić information content (AvgIpc) is 2.37. The summed E-state index contributed by atoms with van der Waals surface area (Å²) >= 11 is 5.00. The van der Waals surface area contributed by atoms with Crippen LogP contribution in [0.15, 0.2) is 30.3 Å². The second-order valence-electron chi connectivity index (χ2n) is 4.09. The molecule has 2 rings (SSSR count). The number of alkyl halides is 3. The summed E-state index contributed by atoms with van der Waals surface area (Å²) in [7, 11) is 1.50. The first kappa shape index (κ1) is 14.7. The van der Waals surface area contributed by atoms with Gasteiger partial charge in [-0.05, 0) is 23.8 Å². The molecule has 0 aliphatic carbocycles. The minimum atomic E-state index is -4.38. The zero-order valence-electron chi connectivity index (χ0n) is 10.5. The van der Waals surface area contributed by atoms with Gasteiger partial charge in [0, 0.05) is 12.8 Å². The summed E-state index contributed by atoms with van der Waals surface area (Å²) in [5, 5.41) is 0. The number of ether oxygens (including phenoxy) is 1. The van der Waals surface area contributed by atoms with Crippen molar-refractivity contribution in [1.29, 1.82) is 0 Å². The molecule has 1 aromatic heterocycles. The Morgan fingerprint density at radius 1 is 1.30 bits per heavy atom. The Morgan fingerprint density at radius 3 is 2.70 bits per heavy atom. The molecule has 0 atom stereocenters. The molecule has 0 saturated heterocycles. The lowest BCUT2D eigenvalue weighted by Crippen LogP contribution is -2.05. The summed E-state index contributed by atoms with van der Waals surface area (Å²) in [4.78, 5) is 6.94. The first-order chi connectivity index (χ1) is 9.40. The molecule has 0 bridgehead atoms. The number of aromatic nitrogens is 2. The third-order valence-electron chi connectivity index (χ3n) is 2.57. The van der Waals surface area contributed by atoms with Gasteiger partial charge in [0.1, 0.15) is 17.1 Å². The molecular weight excluding hydrogens is 289 g/mol. The molecule has 0 saturated carbocycles. The van der Waals surface area contributed by atoms with Gasteiger partial charge in [0.15, 0.2) is 0 Å². The van der Waals surface area contributed by atoms with Crippen molar-refractivity contribution in [3.8, 4) is 11.3 Å². The van der Waals surface area contributed by atoms with E-state index in [1.165, 1.54) is 19.2 Å². The van der Waals surface area contributed by atoms with E-state index in [-0.39, 0.29) is 6.61 Å². The highest BCUT2D eigenvalue weighted by molar-refractivity contribution is 7.71. The molecule has 106 valence electrons. The molecule has 7 heteroatoms. The molecule has 0 unspecified atom stereocenters. The molecular formula is C13H11F3N2OS. The Labute approximate surface area is 118 Å².